The van der Waals surface area contributed by atoms with E-state index in [0.717, 1.165) is 18.5 Å². The molecule has 1 unspecified atom stereocenters. The lowest BCUT2D eigenvalue weighted by atomic mass is 10.2. The molecule has 1 aromatic carbocycles. The Morgan fingerprint density at radius 2 is 2.25 bits per heavy atom. The number of hydrogen-bond acceptors (Lipinski definition) is 4. The van der Waals surface area contributed by atoms with Gasteiger partial charge >= 0.3 is 5.97 Å². The van der Waals surface area contributed by atoms with Gasteiger partial charge in [0.25, 0.3) is 0 Å². The van der Waals surface area contributed by atoms with Gasteiger partial charge in [0, 0.05) is 23.6 Å². The van der Waals surface area contributed by atoms with Gasteiger partial charge < -0.3 is 14.8 Å². The highest BCUT2D eigenvalue weighted by Crippen LogP contribution is 2.34. The molecule has 0 bridgehead atoms. The standard InChI is InChI=1S/C14H17Cl2NO3/c1-2-4-17-8-9-6-10(15)7-11(16)13(9)20-12-3-5-19-14(12)18/h6-7,12,17H,2-5,8H2,1H3. The second-order valence-electron chi connectivity index (χ2n) is 4.62. The maximum Gasteiger partial charge on any atom is 0.347 e. The summed E-state index contributed by atoms with van der Waals surface area (Å²) in [6.45, 7) is 3.95. The maximum atomic E-state index is 11.5. The summed E-state index contributed by atoms with van der Waals surface area (Å²) in [5, 5.41) is 4.22. The molecule has 110 valence electrons. The van der Waals surface area contributed by atoms with E-state index in [1.165, 1.54) is 0 Å². The number of carbonyl (C=O) groups excluding carboxylic acids is 1. The van der Waals surface area contributed by atoms with Crippen molar-refractivity contribution in [1.82, 2.24) is 5.32 Å². The van der Waals surface area contributed by atoms with Gasteiger partial charge in [-0.2, -0.15) is 0 Å². The average molecular weight is 318 g/mol. The minimum atomic E-state index is -0.585. The molecule has 0 aliphatic carbocycles. The van der Waals surface area contributed by atoms with Gasteiger partial charge in [0.05, 0.1) is 11.6 Å². The Hall–Kier alpha value is -0.970. The molecule has 4 nitrogen and oxygen atoms in total. The molecule has 0 spiro atoms. The van der Waals surface area contributed by atoms with Crippen molar-refractivity contribution in [1.29, 1.82) is 0 Å². The molecule has 0 amide bonds. The smallest absolute Gasteiger partial charge is 0.347 e. The van der Waals surface area contributed by atoms with E-state index in [9.17, 15) is 4.79 Å². The van der Waals surface area contributed by atoms with Gasteiger partial charge in [-0.3, -0.25) is 0 Å². The Kier molecular flexibility index (Phi) is 5.52. The third-order valence-corrected chi connectivity index (χ3v) is 3.47. The van der Waals surface area contributed by atoms with Gasteiger partial charge in [0.2, 0.25) is 0 Å². The summed E-state index contributed by atoms with van der Waals surface area (Å²) in [6.07, 6.45) is 0.984. The van der Waals surface area contributed by atoms with Gasteiger partial charge in [-0.05, 0) is 25.1 Å². The van der Waals surface area contributed by atoms with Crippen LogP contribution in [0, 0.1) is 0 Å². The molecule has 1 aliphatic rings. The van der Waals surface area contributed by atoms with Crippen LogP contribution in [-0.2, 0) is 16.1 Å². The molecule has 0 radical (unpaired) electrons. The molecule has 1 N–H and O–H groups in total. The molecule has 1 heterocycles. The molecule has 1 aromatic rings. The number of carbonyl (C=O) groups is 1. The highest BCUT2D eigenvalue weighted by Gasteiger charge is 2.29. The summed E-state index contributed by atoms with van der Waals surface area (Å²) < 4.78 is 10.6. The number of cyclic esters (lactones) is 1. The molecule has 20 heavy (non-hydrogen) atoms. The Labute approximate surface area is 128 Å². The van der Waals surface area contributed by atoms with Crippen LogP contribution in [0.4, 0.5) is 0 Å². The zero-order chi connectivity index (χ0) is 14.5. The Balaban J connectivity index is 2.18. The van der Waals surface area contributed by atoms with Gasteiger partial charge in [0.15, 0.2) is 6.10 Å². The highest BCUT2D eigenvalue weighted by atomic mass is 35.5. The largest absolute Gasteiger partial charge is 0.477 e. The summed E-state index contributed by atoms with van der Waals surface area (Å²) >= 11 is 12.2. The number of ether oxygens (including phenoxy) is 2. The first kappa shape index (κ1) is 15.4. The van der Waals surface area contributed by atoms with Gasteiger partial charge in [0.1, 0.15) is 5.75 Å². The molecule has 1 aliphatic heterocycles. The third-order valence-electron chi connectivity index (χ3n) is 2.97. The van der Waals surface area contributed by atoms with Crippen LogP contribution < -0.4 is 10.1 Å². The van der Waals surface area contributed by atoms with E-state index in [4.69, 9.17) is 32.7 Å². The predicted molar refractivity (Wildman–Crippen MR) is 78.5 cm³/mol. The van der Waals surface area contributed by atoms with Gasteiger partial charge in [-0.15, -0.1) is 0 Å². The highest BCUT2D eigenvalue weighted by molar-refractivity contribution is 6.35. The van der Waals surface area contributed by atoms with Crippen molar-refractivity contribution in [2.75, 3.05) is 13.2 Å². The average Bonchev–Trinajstić information content (AvgIpc) is 2.79. The zero-order valence-electron chi connectivity index (χ0n) is 11.2. The summed E-state index contributed by atoms with van der Waals surface area (Å²) in [7, 11) is 0. The third kappa shape index (κ3) is 3.78. The number of nitrogens with one attached hydrogen (secondary N) is 1. The Morgan fingerprint density at radius 1 is 1.45 bits per heavy atom. The van der Waals surface area contributed by atoms with Crippen LogP contribution in [0.1, 0.15) is 25.3 Å². The summed E-state index contributed by atoms with van der Waals surface area (Å²) in [6, 6.07) is 3.41. The van der Waals surface area contributed by atoms with Crippen LogP contribution in [0.2, 0.25) is 10.0 Å². The van der Waals surface area contributed by atoms with Crippen molar-refractivity contribution in [3.63, 3.8) is 0 Å². The predicted octanol–water partition coefficient (Wildman–Crippen LogP) is 3.19. The van der Waals surface area contributed by atoms with E-state index in [1.807, 2.05) is 0 Å². The number of esters is 1. The SMILES string of the molecule is CCCNCc1cc(Cl)cc(Cl)c1OC1CCOC1=O. The Morgan fingerprint density at radius 3 is 2.90 bits per heavy atom. The molecule has 1 fully saturated rings. The molecule has 6 heteroatoms. The summed E-state index contributed by atoms with van der Waals surface area (Å²) in [5.41, 5.74) is 0.843. The van der Waals surface area contributed by atoms with Crippen molar-refractivity contribution in [3.8, 4) is 5.75 Å². The first-order valence-corrected chi connectivity index (χ1v) is 7.39. The van der Waals surface area contributed by atoms with Crippen LogP contribution in [0.15, 0.2) is 12.1 Å². The van der Waals surface area contributed by atoms with E-state index in [-0.39, 0.29) is 5.97 Å². The van der Waals surface area contributed by atoms with Gasteiger partial charge in [-0.25, -0.2) is 4.79 Å². The van der Waals surface area contributed by atoms with Crippen LogP contribution in [-0.4, -0.2) is 25.2 Å². The van der Waals surface area contributed by atoms with Crippen LogP contribution >= 0.6 is 23.2 Å². The van der Waals surface area contributed by atoms with Crippen LogP contribution in [0.3, 0.4) is 0 Å². The van der Waals surface area contributed by atoms with Crippen molar-refractivity contribution in [3.05, 3.63) is 27.7 Å². The summed E-state index contributed by atoms with van der Waals surface area (Å²) in [4.78, 5) is 11.5. The quantitative estimate of drug-likeness (QED) is 0.646. The lowest BCUT2D eigenvalue weighted by Crippen LogP contribution is -2.23. The fourth-order valence-corrected chi connectivity index (χ4v) is 2.58. The number of hydrogen-bond donors (Lipinski definition) is 1. The minimum Gasteiger partial charge on any atom is -0.477 e. The fraction of sp³-hybridized carbons (Fsp3) is 0.500. The normalized spacial score (nSPS) is 18.1. The van der Waals surface area contributed by atoms with Crippen molar-refractivity contribution in [2.24, 2.45) is 0 Å². The first-order chi connectivity index (χ1) is 9.61. The molecule has 0 saturated carbocycles. The van der Waals surface area contributed by atoms with E-state index in [2.05, 4.69) is 12.2 Å². The molecule has 1 atom stereocenters. The second-order valence-corrected chi connectivity index (χ2v) is 5.46. The topological polar surface area (TPSA) is 47.6 Å². The Bertz CT molecular complexity index is 494. The van der Waals surface area contributed by atoms with Crippen LogP contribution in [0.25, 0.3) is 0 Å². The van der Waals surface area contributed by atoms with Crippen LogP contribution in [0.5, 0.6) is 5.75 Å². The molecular weight excluding hydrogens is 301 g/mol. The first-order valence-electron chi connectivity index (χ1n) is 6.63. The van der Waals surface area contributed by atoms with E-state index in [0.29, 0.717) is 35.4 Å². The summed E-state index contributed by atoms with van der Waals surface area (Å²) in [5.74, 6) is 0.159. The van der Waals surface area contributed by atoms with Crippen molar-refractivity contribution >= 4 is 29.2 Å². The number of halogens is 2. The van der Waals surface area contributed by atoms with E-state index < -0.39 is 6.10 Å². The van der Waals surface area contributed by atoms with Crippen molar-refractivity contribution < 1.29 is 14.3 Å². The maximum absolute atomic E-state index is 11.5. The van der Waals surface area contributed by atoms with E-state index >= 15 is 0 Å². The minimum absolute atomic E-state index is 0.344. The fourth-order valence-electron chi connectivity index (χ4n) is 2.00. The lowest BCUT2D eigenvalue weighted by Gasteiger charge is -2.16. The molecule has 0 aromatic heterocycles. The van der Waals surface area contributed by atoms with Gasteiger partial charge in [-0.1, -0.05) is 30.1 Å². The molecule has 1 saturated heterocycles. The van der Waals surface area contributed by atoms with E-state index in [1.54, 1.807) is 12.1 Å². The lowest BCUT2D eigenvalue weighted by molar-refractivity contribution is -0.143. The number of rotatable bonds is 6. The number of benzene rings is 1. The second kappa shape index (κ2) is 7.16. The molecule has 2 rings (SSSR count). The zero-order valence-corrected chi connectivity index (χ0v) is 12.8. The molecular formula is C14H17Cl2NO3. The monoisotopic (exact) mass is 317 g/mol. The van der Waals surface area contributed by atoms with Crippen molar-refractivity contribution in [2.45, 2.75) is 32.4 Å².